The van der Waals surface area contributed by atoms with Crippen LogP contribution in [0.25, 0.3) is 5.65 Å². The van der Waals surface area contributed by atoms with Gasteiger partial charge < -0.3 is 4.90 Å². The lowest BCUT2D eigenvalue weighted by molar-refractivity contribution is 0.500. The minimum Gasteiger partial charge on any atom is -0.355 e. The third-order valence-corrected chi connectivity index (χ3v) is 4.39. The highest BCUT2D eigenvalue weighted by atomic mass is 15.6. The maximum Gasteiger partial charge on any atom is 0.200 e. The van der Waals surface area contributed by atoms with Crippen molar-refractivity contribution < 1.29 is 0 Å². The van der Waals surface area contributed by atoms with Gasteiger partial charge in [0.2, 0.25) is 0 Å². The molecule has 0 amide bonds. The maximum absolute atomic E-state index is 8.88. The molecule has 0 bridgehead atoms. The van der Waals surface area contributed by atoms with Crippen LogP contribution in [0, 0.1) is 11.3 Å². The van der Waals surface area contributed by atoms with Crippen LogP contribution < -0.4 is 4.90 Å². The van der Waals surface area contributed by atoms with E-state index in [2.05, 4.69) is 43.7 Å². The molecule has 0 radical (unpaired) electrons. The highest BCUT2D eigenvalue weighted by Crippen LogP contribution is 2.29. The average Bonchev–Trinajstić information content (AvgIpc) is 3.10. The fourth-order valence-corrected chi connectivity index (χ4v) is 3.08. The van der Waals surface area contributed by atoms with Crippen LogP contribution >= 0.6 is 0 Å². The van der Waals surface area contributed by atoms with E-state index in [1.54, 1.807) is 0 Å². The molecule has 1 aromatic carbocycles. The summed E-state index contributed by atoms with van der Waals surface area (Å²) in [4.78, 5) is 2.27. The number of hydrogen-bond donors (Lipinski definition) is 0. The van der Waals surface area contributed by atoms with Gasteiger partial charge in [-0.3, -0.25) is 0 Å². The lowest BCUT2D eigenvalue weighted by atomic mass is 9.89. The number of aromatic nitrogens is 5. The summed E-state index contributed by atoms with van der Waals surface area (Å²) >= 11 is 0. The summed E-state index contributed by atoms with van der Waals surface area (Å²) in [5, 5.41) is 24.7. The molecular formula is C16H15N7. The van der Waals surface area contributed by atoms with Crippen LogP contribution in [0.1, 0.15) is 29.9 Å². The van der Waals surface area contributed by atoms with Gasteiger partial charge in [0.1, 0.15) is 0 Å². The smallest absolute Gasteiger partial charge is 0.200 e. The van der Waals surface area contributed by atoms with Crippen molar-refractivity contribution in [2.24, 2.45) is 0 Å². The summed E-state index contributed by atoms with van der Waals surface area (Å²) < 4.78 is 1.46. The summed E-state index contributed by atoms with van der Waals surface area (Å²) in [7, 11) is 0. The molecule has 1 aliphatic rings. The Bertz CT molecular complexity index is 854. The Morgan fingerprint density at radius 1 is 1.04 bits per heavy atom. The number of piperidine rings is 1. The van der Waals surface area contributed by atoms with Gasteiger partial charge in [0.05, 0.1) is 11.6 Å². The maximum atomic E-state index is 8.88. The van der Waals surface area contributed by atoms with E-state index >= 15 is 0 Å². The van der Waals surface area contributed by atoms with Crippen molar-refractivity contribution in [2.45, 2.75) is 18.8 Å². The van der Waals surface area contributed by atoms with Crippen molar-refractivity contribution in [1.29, 1.82) is 5.26 Å². The number of nitriles is 1. The number of benzene rings is 1. The molecule has 3 heterocycles. The van der Waals surface area contributed by atoms with Gasteiger partial charge in [0.25, 0.3) is 0 Å². The third kappa shape index (κ3) is 2.59. The number of tetrazole rings is 1. The van der Waals surface area contributed by atoms with Gasteiger partial charge in [-0.05, 0) is 59.0 Å². The van der Waals surface area contributed by atoms with E-state index < -0.39 is 0 Å². The average molecular weight is 305 g/mol. The van der Waals surface area contributed by atoms with Crippen molar-refractivity contribution in [3.8, 4) is 6.07 Å². The molecule has 0 atom stereocenters. The summed E-state index contributed by atoms with van der Waals surface area (Å²) in [5.74, 6) is 1.44. The first kappa shape index (κ1) is 13.6. The molecule has 4 rings (SSSR count). The largest absolute Gasteiger partial charge is 0.355 e. The molecule has 1 saturated heterocycles. The van der Waals surface area contributed by atoms with Crippen LogP contribution in [-0.4, -0.2) is 38.3 Å². The van der Waals surface area contributed by atoms with Crippen molar-refractivity contribution >= 4 is 11.5 Å². The second-order valence-corrected chi connectivity index (χ2v) is 5.71. The zero-order valence-corrected chi connectivity index (χ0v) is 12.5. The lowest BCUT2D eigenvalue weighted by Crippen LogP contribution is -2.33. The van der Waals surface area contributed by atoms with E-state index in [4.69, 9.17) is 5.26 Å². The van der Waals surface area contributed by atoms with Crippen molar-refractivity contribution in [2.75, 3.05) is 18.0 Å². The van der Waals surface area contributed by atoms with E-state index in [9.17, 15) is 0 Å². The Hall–Kier alpha value is -3.01. The summed E-state index contributed by atoms with van der Waals surface area (Å²) in [6.45, 7) is 1.90. The SMILES string of the molecule is N#Cc1ccc(C2CCN(c3ccc4nnnn4n3)CC2)cc1. The predicted molar refractivity (Wildman–Crippen MR) is 83.9 cm³/mol. The highest BCUT2D eigenvalue weighted by molar-refractivity contribution is 5.45. The summed E-state index contributed by atoms with van der Waals surface area (Å²) in [6, 6.07) is 14.0. The molecule has 0 unspecified atom stereocenters. The molecule has 0 spiro atoms. The van der Waals surface area contributed by atoms with Crippen molar-refractivity contribution in [3.63, 3.8) is 0 Å². The van der Waals surface area contributed by atoms with Gasteiger partial charge in [-0.15, -0.1) is 14.8 Å². The first-order valence-corrected chi connectivity index (χ1v) is 7.64. The molecule has 23 heavy (non-hydrogen) atoms. The summed E-state index contributed by atoms with van der Waals surface area (Å²) in [6.07, 6.45) is 2.14. The molecule has 3 aromatic rings. The molecular weight excluding hydrogens is 290 g/mol. The Kier molecular flexibility index (Phi) is 3.35. The third-order valence-electron chi connectivity index (χ3n) is 4.39. The van der Waals surface area contributed by atoms with Gasteiger partial charge in [-0.2, -0.15) is 5.26 Å². The van der Waals surface area contributed by atoms with E-state index in [1.807, 2.05) is 24.3 Å². The van der Waals surface area contributed by atoms with Crippen LogP contribution in [-0.2, 0) is 0 Å². The first-order chi connectivity index (χ1) is 11.3. The Morgan fingerprint density at radius 2 is 1.83 bits per heavy atom. The van der Waals surface area contributed by atoms with E-state index in [0.717, 1.165) is 31.7 Å². The molecule has 0 aliphatic carbocycles. The highest BCUT2D eigenvalue weighted by Gasteiger charge is 2.22. The van der Waals surface area contributed by atoms with E-state index in [0.29, 0.717) is 17.1 Å². The monoisotopic (exact) mass is 305 g/mol. The summed E-state index contributed by atoms with van der Waals surface area (Å²) in [5.41, 5.74) is 2.68. The molecule has 1 fully saturated rings. The predicted octanol–water partition coefficient (Wildman–Crippen LogP) is 1.77. The molecule has 0 N–H and O–H groups in total. The van der Waals surface area contributed by atoms with Gasteiger partial charge in [0, 0.05) is 13.1 Å². The van der Waals surface area contributed by atoms with Gasteiger partial charge >= 0.3 is 0 Å². The molecule has 7 nitrogen and oxygen atoms in total. The van der Waals surface area contributed by atoms with Crippen molar-refractivity contribution in [1.82, 2.24) is 25.3 Å². The molecule has 2 aromatic heterocycles. The Balaban J connectivity index is 1.46. The fourth-order valence-electron chi connectivity index (χ4n) is 3.08. The second-order valence-electron chi connectivity index (χ2n) is 5.71. The molecule has 7 heteroatoms. The minimum absolute atomic E-state index is 0.538. The zero-order valence-electron chi connectivity index (χ0n) is 12.5. The normalized spacial score (nSPS) is 15.7. The topological polar surface area (TPSA) is 83.0 Å². The number of rotatable bonds is 2. The van der Waals surface area contributed by atoms with Crippen LogP contribution in [0.2, 0.25) is 0 Å². The Morgan fingerprint density at radius 3 is 2.57 bits per heavy atom. The number of fused-ring (bicyclic) bond motifs is 1. The zero-order chi connectivity index (χ0) is 15.6. The van der Waals surface area contributed by atoms with E-state index in [-0.39, 0.29) is 0 Å². The number of hydrogen-bond acceptors (Lipinski definition) is 6. The van der Waals surface area contributed by atoms with Crippen LogP contribution in [0.5, 0.6) is 0 Å². The van der Waals surface area contributed by atoms with Gasteiger partial charge in [-0.25, -0.2) is 0 Å². The first-order valence-electron chi connectivity index (χ1n) is 7.64. The Labute approximate surface area is 133 Å². The lowest BCUT2D eigenvalue weighted by Gasteiger charge is -2.32. The van der Waals surface area contributed by atoms with Gasteiger partial charge in [0.15, 0.2) is 11.5 Å². The van der Waals surface area contributed by atoms with Crippen LogP contribution in [0.4, 0.5) is 5.82 Å². The van der Waals surface area contributed by atoms with Crippen LogP contribution in [0.15, 0.2) is 36.4 Å². The van der Waals surface area contributed by atoms with Crippen LogP contribution in [0.3, 0.4) is 0 Å². The van der Waals surface area contributed by atoms with E-state index in [1.165, 1.54) is 10.2 Å². The molecule has 1 aliphatic heterocycles. The number of nitrogens with zero attached hydrogens (tertiary/aromatic N) is 7. The number of anilines is 1. The van der Waals surface area contributed by atoms with Gasteiger partial charge in [-0.1, -0.05) is 12.1 Å². The van der Waals surface area contributed by atoms with Crippen molar-refractivity contribution in [3.05, 3.63) is 47.5 Å². The molecule has 114 valence electrons. The minimum atomic E-state index is 0.538. The fraction of sp³-hybridized carbons (Fsp3) is 0.312. The molecule has 0 saturated carbocycles. The second kappa shape index (κ2) is 5.65. The quantitative estimate of drug-likeness (QED) is 0.717. The standard InChI is InChI=1S/C16H15N7/c17-11-12-1-3-13(4-2-12)14-7-9-22(10-8-14)16-6-5-15-18-20-21-23(15)19-16/h1-6,14H,7-10H2.